The van der Waals surface area contributed by atoms with Crippen molar-refractivity contribution in [1.29, 1.82) is 5.26 Å². The second kappa shape index (κ2) is 8.36. The van der Waals surface area contributed by atoms with Crippen LogP contribution in [0.3, 0.4) is 0 Å². The van der Waals surface area contributed by atoms with Gasteiger partial charge in [0.1, 0.15) is 5.75 Å². The van der Waals surface area contributed by atoms with Gasteiger partial charge in [0.05, 0.1) is 25.0 Å². The van der Waals surface area contributed by atoms with Gasteiger partial charge in [-0.05, 0) is 55.0 Å². The summed E-state index contributed by atoms with van der Waals surface area (Å²) in [4.78, 5) is 12.0. The van der Waals surface area contributed by atoms with Crippen LogP contribution in [0.4, 0.5) is 0 Å². The van der Waals surface area contributed by atoms with Crippen LogP contribution in [0.5, 0.6) is 17.2 Å². The molecule has 0 aliphatic rings. The molecule has 0 aliphatic carbocycles. The number of methoxy groups -OCH3 is 1. The molecule has 0 spiro atoms. The molecule has 1 atom stereocenters. The van der Waals surface area contributed by atoms with Crippen molar-refractivity contribution < 1.29 is 19.4 Å². The lowest BCUT2D eigenvalue weighted by Crippen LogP contribution is -2.33. The summed E-state index contributed by atoms with van der Waals surface area (Å²) in [5, 5.41) is 22.2. The van der Waals surface area contributed by atoms with E-state index in [1.165, 1.54) is 19.4 Å². The van der Waals surface area contributed by atoms with Crippen molar-refractivity contribution in [3.05, 3.63) is 53.6 Å². The SMILES string of the molecule is COc1ccc(/C=N\NC(=O)[C@H](C)Oc2ccc(C#N)cc2)cc1O. The van der Waals surface area contributed by atoms with Crippen molar-refractivity contribution in [2.24, 2.45) is 5.10 Å². The standard InChI is InChI=1S/C18H17N3O4/c1-12(25-15-6-3-13(10-19)4-7-15)18(23)21-20-11-14-5-8-17(24-2)16(22)9-14/h3-9,11-12,22H,1-2H3,(H,21,23)/b20-11-/t12-/m0/s1. The number of hydrogen-bond donors (Lipinski definition) is 2. The van der Waals surface area contributed by atoms with Crippen molar-refractivity contribution in [3.8, 4) is 23.3 Å². The Hall–Kier alpha value is -3.53. The Morgan fingerprint density at radius 1 is 1.32 bits per heavy atom. The minimum absolute atomic E-state index is 0.0182. The lowest BCUT2D eigenvalue weighted by molar-refractivity contribution is -0.127. The normalized spacial score (nSPS) is 11.6. The molecule has 0 aromatic heterocycles. The third-order valence-electron chi connectivity index (χ3n) is 3.26. The van der Waals surface area contributed by atoms with Gasteiger partial charge in [-0.1, -0.05) is 0 Å². The molecule has 0 saturated heterocycles. The molecule has 2 aromatic carbocycles. The molecule has 0 fully saturated rings. The average Bonchev–Trinajstić information content (AvgIpc) is 2.62. The van der Waals surface area contributed by atoms with Gasteiger partial charge in [-0.2, -0.15) is 10.4 Å². The van der Waals surface area contributed by atoms with Crippen LogP contribution in [0.15, 0.2) is 47.6 Å². The molecule has 2 N–H and O–H groups in total. The lowest BCUT2D eigenvalue weighted by Gasteiger charge is -2.12. The molecule has 2 aromatic rings. The highest BCUT2D eigenvalue weighted by Crippen LogP contribution is 2.25. The first-order chi connectivity index (χ1) is 12.0. The minimum Gasteiger partial charge on any atom is -0.504 e. The van der Waals surface area contributed by atoms with Crippen molar-refractivity contribution in [3.63, 3.8) is 0 Å². The van der Waals surface area contributed by atoms with Gasteiger partial charge >= 0.3 is 0 Å². The highest BCUT2D eigenvalue weighted by molar-refractivity contribution is 5.84. The van der Waals surface area contributed by atoms with Crippen molar-refractivity contribution in [1.82, 2.24) is 5.43 Å². The van der Waals surface area contributed by atoms with Crippen LogP contribution < -0.4 is 14.9 Å². The summed E-state index contributed by atoms with van der Waals surface area (Å²) in [6.07, 6.45) is 0.625. The summed E-state index contributed by atoms with van der Waals surface area (Å²) in [5.74, 6) is 0.380. The first kappa shape index (κ1) is 17.8. The summed E-state index contributed by atoms with van der Waals surface area (Å²) in [7, 11) is 1.46. The molecule has 0 heterocycles. The molecule has 7 heteroatoms. The van der Waals surface area contributed by atoms with E-state index in [1.807, 2.05) is 6.07 Å². The van der Waals surface area contributed by atoms with Crippen molar-refractivity contribution in [2.45, 2.75) is 13.0 Å². The number of nitrogens with zero attached hydrogens (tertiary/aromatic N) is 2. The van der Waals surface area contributed by atoms with Gasteiger partial charge in [-0.25, -0.2) is 5.43 Å². The fourth-order valence-corrected chi connectivity index (χ4v) is 1.91. The van der Waals surface area contributed by atoms with Crippen LogP contribution in [0.1, 0.15) is 18.1 Å². The number of hydrogen-bond acceptors (Lipinski definition) is 6. The number of nitriles is 1. The topological polar surface area (TPSA) is 104 Å². The Kier molecular flexibility index (Phi) is 5.96. The lowest BCUT2D eigenvalue weighted by atomic mass is 10.2. The van der Waals surface area contributed by atoms with E-state index in [9.17, 15) is 9.90 Å². The zero-order chi connectivity index (χ0) is 18.2. The first-order valence-electron chi connectivity index (χ1n) is 7.40. The van der Waals surface area contributed by atoms with E-state index in [0.29, 0.717) is 22.6 Å². The molecular weight excluding hydrogens is 322 g/mol. The third-order valence-corrected chi connectivity index (χ3v) is 3.26. The second-order valence-corrected chi connectivity index (χ2v) is 5.06. The monoisotopic (exact) mass is 339 g/mol. The summed E-state index contributed by atoms with van der Waals surface area (Å²) < 4.78 is 10.4. The Bertz CT molecular complexity index is 810. The van der Waals surface area contributed by atoms with E-state index < -0.39 is 12.0 Å². The molecular formula is C18H17N3O4. The third kappa shape index (κ3) is 4.97. The van der Waals surface area contributed by atoms with Crippen LogP contribution in [-0.4, -0.2) is 30.4 Å². The number of benzene rings is 2. The number of nitrogens with one attached hydrogen (secondary N) is 1. The van der Waals surface area contributed by atoms with Crippen LogP contribution in [-0.2, 0) is 4.79 Å². The molecule has 128 valence electrons. The zero-order valence-corrected chi connectivity index (χ0v) is 13.8. The van der Waals surface area contributed by atoms with Gasteiger partial charge in [0.25, 0.3) is 5.91 Å². The van der Waals surface area contributed by atoms with E-state index in [0.717, 1.165) is 0 Å². The Balaban J connectivity index is 1.90. The fraction of sp³-hybridized carbons (Fsp3) is 0.167. The van der Waals surface area contributed by atoms with Gasteiger partial charge in [0.2, 0.25) is 0 Å². The number of carbonyl (C=O) groups excluding carboxylic acids is 1. The average molecular weight is 339 g/mol. The fourth-order valence-electron chi connectivity index (χ4n) is 1.91. The molecule has 7 nitrogen and oxygen atoms in total. The maximum Gasteiger partial charge on any atom is 0.280 e. The molecule has 0 aliphatic heterocycles. The highest BCUT2D eigenvalue weighted by atomic mass is 16.5. The first-order valence-corrected chi connectivity index (χ1v) is 7.40. The number of amides is 1. The van der Waals surface area contributed by atoms with Gasteiger partial charge in [-0.3, -0.25) is 4.79 Å². The molecule has 25 heavy (non-hydrogen) atoms. The highest BCUT2D eigenvalue weighted by Gasteiger charge is 2.13. The number of rotatable bonds is 6. The number of aromatic hydroxyl groups is 1. The molecule has 1 amide bonds. The van der Waals surface area contributed by atoms with Crippen LogP contribution >= 0.6 is 0 Å². The maximum absolute atomic E-state index is 12.0. The van der Waals surface area contributed by atoms with E-state index in [-0.39, 0.29) is 5.75 Å². The largest absolute Gasteiger partial charge is 0.504 e. The number of ether oxygens (including phenoxy) is 2. The Labute approximate surface area is 145 Å². The second-order valence-electron chi connectivity index (χ2n) is 5.06. The van der Waals surface area contributed by atoms with Gasteiger partial charge in [0.15, 0.2) is 17.6 Å². The Morgan fingerprint density at radius 2 is 2.04 bits per heavy atom. The number of carbonyl (C=O) groups is 1. The summed E-state index contributed by atoms with van der Waals surface area (Å²) in [6, 6.07) is 13.2. The molecule has 0 bridgehead atoms. The summed E-state index contributed by atoms with van der Waals surface area (Å²) in [6.45, 7) is 1.59. The minimum atomic E-state index is -0.769. The predicted octanol–water partition coefficient (Wildman–Crippen LogP) is 2.19. The summed E-state index contributed by atoms with van der Waals surface area (Å²) in [5.41, 5.74) is 3.47. The van der Waals surface area contributed by atoms with E-state index in [2.05, 4.69) is 10.5 Å². The maximum atomic E-state index is 12.0. The van der Waals surface area contributed by atoms with E-state index >= 15 is 0 Å². The van der Waals surface area contributed by atoms with E-state index in [4.69, 9.17) is 14.7 Å². The van der Waals surface area contributed by atoms with Crippen molar-refractivity contribution in [2.75, 3.05) is 7.11 Å². The molecule has 2 rings (SSSR count). The Morgan fingerprint density at radius 3 is 2.64 bits per heavy atom. The predicted molar refractivity (Wildman–Crippen MR) is 91.6 cm³/mol. The van der Waals surface area contributed by atoms with Gasteiger partial charge in [-0.15, -0.1) is 0 Å². The van der Waals surface area contributed by atoms with Crippen LogP contribution in [0.25, 0.3) is 0 Å². The van der Waals surface area contributed by atoms with Crippen LogP contribution in [0, 0.1) is 11.3 Å². The van der Waals surface area contributed by atoms with Crippen molar-refractivity contribution >= 4 is 12.1 Å². The van der Waals surface area contributed by atoms with Crippen LogP contribution in [0.2, 0.25) is 0 Å². The number of phenolic OH excluding ortho intramolecular Hbond substituents is 1. The number of hydrazone groups is 1. The number of phenols is 1. The summed E-state index contributed by atoms with van der Waals surface area (Å²) >= 11 is 0. The smallest absolute Gasteiger partial charge is 0.280 e. The van der Waals surface area contributed by atoms with Gasteiger partial charge < -0.3 is 14.6 Å². The van der Waals surface area contributed by atoms with E-state index in [1.54, 1.807) is 43.3 Å². The van der Waals surface area contributed by atoms with Gasteiger partial charge in [0, 0.05) is 0 Å². The molecule has 0 radical (unpaired) electrons. The zero-order valence-electron chi connectivity index (χ0n) is 13.8. The quantitative estimate of drug-likeness (QED) is 0.620. The molecule has 0 unspecified atom stereocenters. The molecule has 0 saturated carbocycles.